The van der Waals surface area contributed by atoms with Crippen molar-refractivity contribution < 1.29 is 9.59 Å². The van der Waals surface area contributed by atoms with Crippen LogP contribution in [0, 0.1) is 12.8 Å². The monoisotopic (exact) mass is 310 g/mol. The van der Waals surface area contributed by atoms with Gasteiger partial charge in [0.05, 0.1) is 0 Å². The molecule has 2 rings (SSSR count). The average molecular weight is 310 g/mol. The normalized spacial score (nSPS) is 16.1. The molecule has 0 saturated carbocycles. The van der Waals surface area contributed by atoms with Gasteiger partial charge in [-0.25, -0.2) is 9.78 Å². The number of rotatable bonds is 3. The lowest BCUT2D eigenvalue weighted by Gasteiger charge is -2.31. The van der Waals surface area contributed by atoms with Crippen molar-refractivity contribution in [3.05, 3.63) is 11.1 Å². The highest BCUT2D eigenvalue weighted by molar-refractivity contribution is 7.15. The van der Waals surface area contributed by atoms with E-state index in [0.29, 0.717) is 31.1 Å². The number of urea groups is 1. The van der Waals surface area contributed by atoms with Crippen LogP contribution in [-0.4, -0.2) is 41.0 Å². The smallest absolute Gasteiger partial charge is 0.317 e. The minimum atomic E-state index is -0.0442. The Labute approximate surface area is 128 Å². The van der Waals surface area contributed by atoms with Crippen LogP contribution in [0.2, 0.25) is 0 Å². The van der Waals surface area contributed by atoms with Crippen molar-refractivity contribution in [3.8, 4) is 0 Å². The first-order chi connectivity index (χ1) is 9.95. The largest absolute Gasteiger partial charge is 0.336 e. The van der Waals surface area contributed by atoms with E-state index >= 15 is 0 Å². The standard InChI is InChI=1S/C14H22N4O2S/c1-9(2)16-14(20)18-6-4-11(5-7-18)12(19)17-13-15-8-10(3)21-13/h8-9,11H,4-7H2,1-3H3,(H,16,20)(H,15,17,19). The molecule has 1 saturated heterocycles. The van der Waals surface area contributed by atoms with Crippen LogP contribution in [0.4, 0.5) is 9.93 Å². The number of aromatic nitrogens is 1. The fourth-order valence-electron chi connectivity index (χ4n) is 2.30. The topological polar surface area (TPSA) is 74.3 Å². The Morgan fingerprint density at radius 2 is 2.05 bits per heavy atom. The molecule has 2 N–H and O–H groups in total. The van der Waals surface area contributed by atoms with Crippen LogP contribution in [0.3, 0.4) is 0 Å². The summed E-state index contributed by atoms with van der Waals surface area (Å²) >= 11 is 1.47. The summed E-state index contributed by atoms with van der Waals surface area (Å²) in [5.41, 5.74) is 0. The molecule has 1 aliphatic rings. The maximum atomic E-state index is 12.2. The van der Waals surface area contributed by atoms with Crippen molar-refractivity contribution in [2.24, 2.45) is 5.92 Å². The summed E-state index contributed by atoms with van der Waals surface area (Å²) in [5, 5.41) is 6.39. The second-order valence-electron chi connectivity index (χ2n) is 5.63. The molecule has 0 bridgehead atoms. The molecule has 6 nitrogen and oxygen atoms in total. The summed E-state index contributed by atoms with van der Waals surface area (Å²) in [6.07, 6.45) is 3.14. The summed E-state index contributed by atoms with van der Waals surface area (Å²) in [5.74, 6) is -0.0365. The third kappa shape index (κ3) is 4.42. The van der Waals surface area contributed by atoms with Crippen molar-refractivity contribution in [2.45, 2.75) is 39.7 Å². The molecule has 0 spiro atoms. The lowest BCUT2D eigenvalue weighted by atomic mass is 9.96. The number of thiazole rings is 1. The molecule has 1 aromatic rings. The van der Waals surface area contributed by atoms with Gasteiger partial charge >= 0.3 is 6.03 Å². The van der Waals surface area contributed by atoms with Crippen molar-refractivity contribution >= 4 is 28.4 Å². The predicted molar refractivity (Wildman–Crippen MR) is 83.4 cm³/mol. The first kappa shape index (κ1) is 15.8. The fourth-order valence-corrected chi connectivity index (χ4v) is 2.97. The van der Waals surface area contributed by atoms with Gasteiger partial charge in [0.2, 0.25) is 5.91 Å². The van der Waals surface area contributed by atoms with Crippen LogP contribution in [0.1, 0.15) is 31.6 Å². The van der Waals surface area contributed by atoms with Gasteiger partial charge in [-0.1, -0.05) is 0 Å². The van der Waals surface area contributed by atoms with Crippen LogP contribution in [0.15, 0.2) is 6.20 Å². The molecular formula is C14H22N4O2S. The first-order valence-electron chi connectivity index (χ1n) is 7.24. The van der Waals surface area contributed by atoms with Gasteiger partial charge in [-0.05, 0) is 33.6 Å². The van der Waals surface area contributed by atoms with Crippen LogP contribution in [-0.2, 0) is 4.79 Å². The van der Waals surface area contributed by atoms with Gasteiger partial charge < -0.3 is 15.5 Å². The second-order valence-corrected chi connectivity index (χ2v) is 6.87. The number of aryl methyl sites for hydroxylation is 1. The SMILES string of the molecule is Cc1cnc(NC(=O)C2CCN(C(=O)NC(C)C)CC2)s1. The molecule has 116 valence electrons. The zero-order chi connectivity index (χ0) is 15.4. The summed E-state index contributed by atoms with van der Waals surface area (Å²) in [6, 6.07) is 0.0890. The third-order valence-corrected chi connectivity index (χ3v) is 4.24. The summed E-state index contributed by atoms with van der Waals surface area (Å²) < 4.78 is 0. The molecule has 0 atom stereocenters. The van der Waals surface area contributed by atoms with E-state index in [9.17, 15) is 9.59 Å². The highest BCUT2D eigenvalue weighted by Crippen LogP contribution is 2.22. The number of carbonyl (C=O) groups excluding carboxylic acids is 2. The molecule has 0 radical (unpaired) electrons. The van der Waals surface area contributed by atoms with Gasteiger partial charge in [-0.15, -0.1) is 11.3 Å². The summed E-state index contributed by atoms with van der Waals surface area (Å²) in [7, 11) is 0. The van der Waals surface area contributed by atoms with Crippen LogP contribution >= 0.6 is 11.3 Å². The number of anilines is 1. The Hall–Kier alpha value is -1.63. The van der Waals surface area contributed by atoms with E-state index in [1.807, 2.05) is 20.8 Å². The fraction of sp³-hybridized carbons (Fsp3) is 0.643. The van der Waals surface area contributed by atoms with Crippen molar-refractivity contribution in [1.82, 2.24) is 15.2 Å². The summed E-state index contributed by atoms with van der Waals surface area (Å²) in [4.78, 5) is 31.0. The molecule has 0 aliphatic carbocycles. The van der Waals surface area contributed by atoms with Crippen molar-refractivity contribution in [2.75, 3.05) is 18.4 Å². The first-order valence-corrected chi connectivity index (χ1v) is 8.06. The predicted octanol–water partition coefficient (Wildman–Crippen LogP) is 2.22. The number of hydrogen-bond donors (Lipinski definition) is 2. The van der Waals surface area contributed by atoms with Gasteiger partial charge in [0.25, 0.3) is 0 Å². The maximum absolute atomic E-state index is 12.2. The van der Waals surface area contributed by atoms with Crippen LogP contribution < -0.4 is 10.6 Å². The van der Waals surface area contributed by atoms with E-state index < -0.39 is 0 Å². The zero-order valence-electron chi connectivity index (χ0n) is 12.7. The summed E-state index contributed by atoms with van der Waals surface area (Å²) in [6.45, 7) is 7.07. The Kier molecular flexibility index (Phi) is 5.17. The zero-order valence-corrected chi connectivity index (χ0v) is 13.5. The van der Waals surface area contributed by atoms with Gasteiger partial charge in [-0.3, -0.25) is 4.79 Å². The van der Waals surface area contributed by atoms with Gasteiger partial charge in [-0.2, -0.15) is 0 Å². The molecule has 7 heteroatoms. The average Bonchev–Trinajstić information content (AvgIpc) is 2.83. The number of nitrogens with zero attached hydrogens (tertiary/aromatic N) is 2. The highest BCUT2D eigenvalue weighted by Gasteiger charge is 2.27. The second kappa shape index (κ2) is 6.89. The number of nitrogens with one attached hydrogen (secondary N) is 2. The molecule has 1 fully saturated rings. The van der Waals surface area contributed by atoms with Gasteiger partial charge in [0.1, 0.15) is 0 Å². The Morgan fingerprint density at radius 1 is 1.38 bits per heavy atom. The Morgan fingerprint density at radius 3 is 2.57 bits per heavy atom. The van der Waals surface area contributed by atoms with E-state index in [1.165, 1.54) is 11.3 Å². The maximum Gasteiger partial charge on any atom is 0.317 e. The van der Waals surface area contributed by atoms with Gasteiger partial charge in [0, 0.05) is 36.1 Å². The Balaban J connectivity index is 1.80. The number of piperidine rings is 1. The molecule has 0 unspecified atom stereocenters. The lowest BCUT2D eigenvalue weighted by Crippen LogP contribution is -2.47. The van der Waals surface area contributed by atoms with Crippen molar-refractivity contribution in [3.63, 3.8) is 0 Å². The van der Waals surface area contributed by atoms with E-state index in [1.54, 1.807) is 11.1 Å². The van der Waals surface area contributed by atoms with E-state index in [0.717, 1.165) is 4.88 Å². The lowest BCUT2D eigenvalue weighted by molar-refractivity contribution is -0.121. The molecule has 1 aliphatic heterocycles. The molecule has 0 aromatic carbocycles. The number of likely N-dealkylation sites (tertiary alicyclic amines) is 1. The Bertz CT molecular complexity index is 507. The molecular weight excluding hydrogens is 288 g/mol. The number of carbonyl (C=O) groups is 2. The highest BCUT2D eigenvalue weighted by atomic mass is 32.1. The number of amides is 3. The number of hydrogen-bond acceptors (Lipinski definition) is 4. The van der Waals surface area contributed by atoms with E-state index in [2.05, 4.69) is 15.6 Å². The van der Waals surface area contributed by atoms with E-state index in [-0.39, 0.29) is 23.9 Å². The van der Waals surface area contributed by atoms with Crippen LogP contribution in [0.5, 0.6) is 0 Å². The molecule has 21 heavy (non-hydrogen) atoms. The molecule has 2 heterocycles. The minimum Gasteiger partial charge on any atom is -0.336 e. The van der Waals surface area contributed by atoms with Crippen molar-refractivity contribution in [1.29, 1.82) is 0 Å². The molecule has 1 aromatic heterocycles. The van der Waals surface area contributed by atoms with Crippen LogP contribution in [0.25, 0.3) is 0 Å². The van der Waals surface area contributed by atoms with E-state index in [4.69, 9.17) is 0 Å². The van der Waals surface area contributed by atoms with Gasteiger partial charge in [0.15, 0.2) is 5.13 Å². The minimum absolute atomic E-state index is 0.00766. The quantitative estimate of drug-likeness (QED) is 0.899. The third-order valence-electron chi connectivity index (χ3n) is 3.42. The molecule has 3 amide bonds.